The number of unbranched alkanes of at least 4 members (excludes halogenated alkanes) is 1. The van der Waals surface area contributed by atoms with Crippen molar-refractivity contribution in [2.45, 2.75) is 52.9 Å². The number of aryl methyl sites for hydroxylation is 1. The third-order valence-corrected chi connectivity index (χ3v) is 6.18. The Kier molecular flexibility index (Phi) is 6.70. The van der Waals surface area contributed by atoms with Crippen LogP contribution in [0.3, 0.4) is 0 Å². The molecule has 1 aromatic rings. The maximum Gasteiger partial charge on any atom is 0.409 e. The van der Waals surface area contributed by atoms with E-state index in [0.717, 1.165) is 30.6 Å². The molecule has 1 fully saturated rings. The lowest BCUT2D eigenvalue weighted by Crippen LogP contribution is -2.37. The van der Waals surface area contributed by atoms with Gasteiger partial charge in [-0.1, -0.05) is 38.3 Å². The fourth-order valence-corrected chi connectivity index (χ4v) is 4.50. The van der Waals surface area contributed by atoms with Gasteiger partial charge in [0.15, 0.2) is 5.78 Å². The molecule has 0 aromatic carbocycles. The van der Waals surface area contributed by atoms with Crippen molar-refractivity contribution in [3.63, 3.8) is 0 Å². The van der Waals surface area contributed by atoms with Crippen molar-refractivity contribution in [1.82, 2.24) is 4.90 Å². The third-order valence-electron chi connectivity index (χ3n) is 4.63. The molecule has 4 nitrogen and oxygen atoms in total. The van der Waals surface area contributed by atoms with Gasteiger partial charge in [-0.25, -0.2) is 4.79 Å². The fourth-order valence-electron chi connectivity index (χ4n) is 3.24. The van der Waals surface area contributed by atoms with Crippen LogP contribution in [0.4, 0.5) is 4.79 Å². The van der Waals surface area contributed by atoms with E-state index >= 15 is 0 Å². The number of nitrogens with zero attached hydrogens (tertiary/aromatic N) is 1. The van der Waals surface area contributed by atoms with E-state index in [1.54, 1.807) is 11.0 Å². The molecule has 0 aliphatic carbocycles. The van der Waals surface area contributed by atoms with Gasteiger partial charge in [0, 0.05) is 18.0 Å². The number of hydrogen-bond donors (Lipinski definition) is 0. The van der Waals surface area contributed by atoms with Gasteiger partial charge in [0.25, 0.3) is 0 Å². The summed E-state index contributed by atoms with van der Waals surface area (Å²) in [5.74, 6) is 0.119. The van der Waals surface area contributed by atoms with E-state index in [1.807, 2.05) is 6.92 Å². The summed E-state index contributed by atoms with van der Waals surface area (Å²) in [6, 6.07) is 1.77. The molecule has 1 atom stereocenters. The number of carbonyl (C=O) groups is 2. The van der Waals surface area contributed by atoms with Crippen LogP contribution in [0.15, 0.2) is 6.07 Å². The van der Waals surface area contributed by atoms with Crippen molar-refractivity contribution in [3.05, 3.63) is 20.8 Å². The number of rotatable bonds is 7. The highest BCUT2D eigenvalue weighted by Gasteiger charge is 2.46. The molecule has 1 aliphatic rings. The zero-order chi connectivity index (χ0) is 17.7. The Morgan fingerprint density at radius 2 is 2.12 bits per heavy atom. The minimum atomic E-state index is -0.501. The molecule has 0 radical (unpaired) electrons. The van der Waals surface area contributed by atoms with Crippen molar-refractivity contribution in [2.24, 2.45) is 5.41 Å². The fraction of sp³-hybridized carbons (Fsp3) is 0.667. The summed E-state index contributed by atoms with van der Waals surface area (Å²) in [4.78, 5) is 28.7. The van der Waals surface area contributed by atoms with E-state index in [4.69, 9.17) is 16.3 Å². The van der Waals surface area contributed by atoms with Crippen LogP contribution < -0.4 is 0 Å². The van der Waals surface area contributed by atoms with Gasteiger partial charge in [0.05, 0.1) is 21.9 Å². The maximum absolute atomic E-state index is 13.1. The van der Waals surface area contributed by atoms with Crippen LogP contribution in [0, 0.1) is 12.3 Å². The Balaban J connectivity index is 2.11. The summed E-state index contributed by atoms with van der Waals surface area (Å²) in [7, 11) is 0. The Morgan fingerprint density at radius 3 is 2.71 bits per heavy atom. The number of ether oxygens (including phenoxy) is 1. The van der Waals surface area contributed by atoms with Gasteiger partial charge in [-0.2, -0.15) is 0 Å². The minimum Gasteiger partial charge on any atom is -0.449 e. The maximum atomic E-state index is 13.1. The number of amides is 1. The Labute approximate surface area is 153 Å². The molecule has 0 saturated carbocycles. The number of thiophene rings is 1. The lowest BCUT2D eigenvalue weighted by molar-refractivity contribution is 0.0766. The summed E-state index contributed by atoms with van der Waals surface area (Å²) < 4.78 is 5.30. The zero-order valence-corrected chi connectivity index (χ0v) is 16.3. The van der Waals surface area contributed by atoms with Crippen molar-refractivity contribution >= 4 is 34.8 Å². The van der Waals surface area contributed by atoms with E-state index < -0.39 is 5.41 Å². The molecule has 1 aromatic heterocycles. The van der Waals surface area contributed by atoms with Gasteiger partial charge in [0.2, 0.25) is 0 Å². The van der Waals surface area contributed by atoms with Crippen molar-refractivity contribution in [1.29, 1.82) is 0 Å². The average molecular weight is 372 g/mol. The van der Waals surface area contributed by atoms with Crippen LogP contribution >= 0.6 is 22.9 Å². The largest absolute Gasteiger partial charge is 0.449 e. The number of carbonyl (C=O) groups excluding carboxylic acids is 2. The number of Topliss-reactive ketones (excluding diaryl/α,β-unsaturated/α-hetero) is 1. The first-order valence-electron chi connectivity index (χ1n) is 8.66. The molecule has 1 amide bonds. The summed E-state index contributed by atoms with van der Waals surface area (Å²) in [6.45, 7) is 7.52. The Bertz CT molecular complexity index is 582. The van der Waals surface area contributed by atoms with E-state index in [9.17, 15) is 9.59 Å². The molecule has 24 heavy (non-hydrogen) atoms. The summed E-state index contributed by atoms with van der Waals surface area (Å²) >= 11 is 7.57. The lowest BCUT2D eigenvalue weighted by Gasteiger charge is -2.27. The second-order valence-corrected chi connectivity index (χ2v) is 8.18. The van der Waals surface area contributed by atoms with Gasteiger partial charge >= 0.3 is 6.09 Å². The average Bonchev–Trinajstić information content (AvgIpc) is 3.12. The van der Waals surface area contributed by atoms with Gasteiger partial charge in [-0.05, 0) is 32.3 Å². The zero-order valence-electron chi connectivity index (χ0n) is 14.7. The smallest absolute Gasteiger partial charge is 0.409 e. The molecule has 2 rings (SSSR count). The second-order valence-electron chi connectivity index (χ2n) is 6.51. The normalized spacial score (nSPS) is 20.4. The van der Waals surface area contributed by atoms with Crippen LogP contribution in [-0.4, -0.2) is 36.5 Å². The first kappa shape index (κ1) is 19.3. The number of hydrogen-bond acceptors (Lipinski definition) is 4. The monoisotopic (exact) mass is 371 g/mol. The molecule has 0 spiro atoms. The summed E-state index contributed by atoms with van der Waals surface area (Å²) in [5, 5.41) is 0.642. The lowest BCUT2D eigenvalue weighted by atomic mass is 9.78. The van der Waals surface area contributed by atoms with Crippen LogP contribution in [0.1, 0.15) is 60.5 Å². The first-order valence-corrected chi connectivity index (χ1v) is 9.85. The first-order chi connectivity index (χ1) is 11.4. The van der Waals surface area contributed by atoms with Crippen molar-refractivity contribution in [3.8, 4) is 0 Å². The molecule has 2 heterocycles. The highest BCUT2D eigenvalue weighted by atomic mass is 35.5. The highest BCUT2D eigenvalue weighted by Crippen LogP contribution is 2.41. The van der Waals surface area contributed by atoms with Gasteiger partial charge in [-0.15, -0.1) is 11.3 Å². The van der Waals surface area contributed by atoms with E-state index in [2.05, 4.69) is 13.8 Å². The van der Waals surface area contributed by atoms with Gasteiger partial charge in [-0.3, -0.25) is 4.79 Å². The van der Waals surface area contributed by atoms with Crippen LogP contribution in [-0.2, 0) is 4.74 Å². The number of halogens is 1. The number of ketones is 1. The Morgan fingerprint density at radius 1 is 1.38 bits per heavy atom. The van der Waals surface area contributed by atoms with Crippen molar-refractivity contribution < 1.29 is 14.3 Å². The molecule has 134 valence electrons. The molecule has 1 aliphatic heterocycles. The third kappa shape index (κ3) is 4.12. The standard InChI is InChI=1S/C18H26ClNO3S/c1-4-6-10-23-17(22)20-9-8-18(12-20,7-5-2)16(21)15-11-14(19)13(3)24-15/h11H,4-10,12H2,1-3H3. The number of likely N-dealkylation sites (tertiary alicyclic amines) is 1. The summed E-state index contributed by atoms with van der Waals surface area (Å²) in [6.07, 6.45) is 3.93. The minimum absolute atomic E-state index is 0.119. The topological polar surface area (TPSA) is 46.6 Å². The second kappa shape index (κ2) is 8.34. The molecule has 0 bridgehead atoms. The van der Waals surface area contributed by atoms with Gasteiger partial charge < -0.3 is 9.64 Å². The van der Waals surface area contributed by atoms with E-state index in [1.165, 1.54) is 11.3 Å². The van der Waals surface area contributed by atoms with E-state index in [0.29, 0.717) is 36.0 Å². The van der Waals surface area contributed by atoms with Crippen LogP contribution in [0.25, 0.3) is 0 Å². The molecule has 0 N–H and O–H groups in total. The SMILES string of the molecule is CCCCOC(=O)N1CCC(CCC)(C(=O)c2cc(Cl)c(C)s2)C1. The molecular formula is C18H26ClNO3S. The predicted molar refractivity (Wildman–Crippen MR) is 98.2 cm³/mol. The molecule has 6 heteroatoms. The Hall–Kier alpha value is -1.07. The van der Waals surface area contributed by atoms with Crippen molar-refractivity contribution in [2.75, 3.05) is 19.7 Å². The predicted octanol–water partition coefficient (Wildman–Crippen LogP) is 5.32. The van der Waals surface area contributed by atoms with E-state index in [-0.39, 0.29) is 11.9 Å². The molecule has 1 saturated heterocycles. The highest BCUT2D eigenvalue weighted by molar-refractivity contribution is 7.14. The summed E-state index contributed by atoms with van der Waals surface area (Å²) in [5.41, 5.74) is -0.501. The van der Waals surface area contributed by atoms with Gasteiger partial charge in [0.1, 0.15) is 0 Å². The quantitative estimate of drug-likeness (QED) is 0.481. The van der Waals surface area contributed by atoms with Crippen LogP contribution in [0.5, 0.6) is 0 Å². The van der Waals surface area contributed by atoms with Crippen LogP contribution in [0.2, 0.25) is 5.02 Å². The molecule has 1 unspecified atom stereocenters. The molecular weight excluding hydrogens is 346 g/mol.